The number of hydrogen-bond acceptors (Lipinski definition) is 4. The molecule has 0 aliphatic heterocycles. The van der Waals surface area contributed by atoms with Crippen LogP contribution in [0.2, 0.25) is 0 Å². The molecule has 0 amide bonds. The summed E-state index contributed by atoms with van der Waals surface area (Å²) in [5.41, 5.74) is 0. The second-order valence-electron chi connectivity index (χ2n) is 5.64. The third kappa shape index (κ3) is 7.09. The molecule has 0 saturated heterocycles. The van der Waals surface area contributed by atoms with Gasteiger partial charge >= 0.3 is 0 Å². The van der Waals surface area contributed by atoms with Gasteiger partial charge in [0.05, 0.1) is 11.6 Å². The van der Waals surface area contributed by atoms with Gasteiger partial charge < -0.3 is 15.4 Å². The maximum Gasteiger partial charge on any atom is 0.191 e. The lowest BCUT2D eigenvalue weighted by molar-refractivity contribution is 0.230. The lowest BCUT2D eigenvalue weighted by atomic mass is 10.3. The number of ether oxygens (including phenoxy) is 1. The zero-order valence-electron chi connectivity index (χ0n) is 14.9. The van der Waals surface area contributed by atoms with Gasteiger partial charge in [-0.1, -0.05) is 0 Å². The van der Waals surface area contributed by atoms with Crippen molar-refractivity contribution in [3.63, 3.8) is 0 Å². The molecule has 2 rings (SSSR count). The molecule has 7 heteroatoms. The Kier molecular flexibility index (Phi) is 7.66. The quantitative estimate of drug-likeness (QED) is 0.558. The first-order valence-electron chi connectivity index (χ1n) is 8.42. The molecule has 0 spiro atoms. The summed E-state index contributed by atoms with van der Waals surface area (Å²) in [6.45, 7) is 8.08. The van der Waals surface area contributed by atoms with Gasteiger partial charge in [-0.15, -0.1) is 11.3 Å². The van der Waals surface area contributed by atoms with E-state index >= 15 is 0 Å². The van der Waals surface area contributed by atoms with Gasteiger partial charge in [-0.2, -0.15) is 0 Å². The van der Waals surface area contributed by atoms with E-state index in [2.05, 4.69) is 27.5 Å². The largest absolute Gasteiger partial charge is 0.489 e. The molecule has 1 unspecified atom stereocenters. The molecule has 1 heterocycles. The highest BCUT2D eigenvalue weighted by Crippen LogP contribution is 2.13. The lowest BCUT2D eigenvalue weighted by Crippen LogP contribution is -2.39. The Labute approximate surface area is 152 Å². The second kappa shape index (κ2) is 9.98. The molecular weight excluding hydrogens is 339 g/mol. The van der Waals surface area contributed by atoms with Gasteiger partial charge in [0.2, 0.25) is 0 Å². The van der Waals surface area contributed by atoms with E-state index in [9.17, 15) is 4.39 Å². The third-order valence-corrected chi connectivity index (χ3v) is 4.27. The predicted octanol–water partition coefficient (Wildman–Crippen LogP) is 3.16. The number of rotatable bonds is 8. The normalized spacial score (nSPS) is 12.7. The van der Waals surface area contributed by atoms with Crippen LogP contribution in [0.5, 0.6) is 5.75 Å². The number of aliphatic imine (C=N–C) groups is 1. The molecule has 0 fully saturated rings. The van der Waals surface area contributed by atoms with Crippen LogP contribution in [-0.4, -0.2) is 36.7 Å². The molecule has 0 bridgehead atoms. The fourth-order valence-corrected chi connectivity index (χ4v) is 2.94. The van der Waals surface area contributed by atoms with Gasteiger partial charge in [0.1, 0.15) is 17.7 Å². The van der Waals surface area contributed by atoms with E-state index in [0.29, 0.717) is 12.3 Å². The van der Waals surface area contributed by atoms with Gasteiger partial charge in [-0.3, -0.25) is 0 Å². The highest BCUT2D eigenvalue weighted by atomic mass is 32.1. The van der Waals surface area contributed by atoms with Crippen molar-refractivity contribution in [3.05, 3.63) is 46.2 Å². The second-order valence-corrected chi connectivity index (χ2v) is 6.96. The highest BCUT2D eigenvalue weighted by molar-refractivity contribution is 7.11. The van der Waals surface area contributed by atoms with Crippen LogP contribution in [0.1, 0.15) is 23.7 Å². The van der Waals surface area contributed by atoms with Crippen LogP contribution in [0.15, 0.2) is 35.5 Å². The Morgan fingerprint density at radius 1 is 1.32 bits per heavy atom. The summed E-state index contributed by atoms with van der Waals surface area (Å²) in [5, 5.41) is 7.64. The standard InChI is InChI=1S/C18H25FN4OS/c1-4-20-18(21-10-9-17-22-12-14(3)25-17)23-11-13(2)24-16-7-5-15(19)6-8-16/h5-8,12-13H,4,9-11H2,1-3H3,(H2,20,21,23). The average Bonchev–Trinajstić information content (AvgIpc) is 3.00. The van der Waals surface area contributed by atoms with Gasteiger partial charge in [-0.25, -0.2) is 14.4 Å². The van der Waals surface area contributed by atoms with Crippen LogP contribution >= 0.6 is 11.3 Å². The van der Waals surface area contributed by atoms with Crippen molar-refractivity contribution in [3.8, 4) is 5.75 Å². The van der Waals surface area contributed by atoms with Crippen LogP contribution < -0.4 is 15.4 Å². The molecule has 0 saturated carbocycles. The molecule has 1 atom stereocenters. The number of guanidine groups is 1. The van der Waals surface area contributed by atoms with Crippen molar-refractivity contribution in [1.82, 2.24) is 15.6 Å². The number of nitrogens with zero attached hydrogens (tertiary/aromatic N) is 2. The number of aromatic nitrogens is 1. The van der Waals surface area contributed by atoms with E-state index in [4.69, 9.17) is 4.74 Å². The first-order valence-corrected chi connectivity index (χ1v) is 9.24. The number of benzene rings is 1. The molecule has 0 aliphatic carbocycles. The van der Waals surface area contributed by atoms with E-state index in [1.54, 1.807) is 23.5 Å². The van der Waals surface area contributed by atoms with Crippen molar-refractivity contribution in [1.29, 1.82) is 0 Å². The van der Waals surface area contributed by atoms with Crippen LogP contribution in [0.25, 0.3) is 0 Å². The van der Waals surface area contributed by atoms with Crippen LogP contribution in [0.4, 0.5) is 4.39 Å². The summed E-state index contributed by atoms with van der Waals surface area (Å²) >= 11 is 1.72. The van der Waals surface area contributed by atoms with E-state index in [0.717, 1.165) is 30.5 Å². The number of nitrogens with one attached hydrogen (secondary N) is 2. The lowest BCUT2D eigenvalue weighted by Gasteiger charge is -2.15. The fourth-order valence-electron chi connectivity index (χ4n) is 2.15. The summed E-state index contributed by atoms with van der Waals surface area (Å²) < 4.78 is 18.6. The SMILES string of the molecule is CCNC(=NCC(C)Oc1ccc(F)cc1)NCCc1ncc(C)s1. The number of aryl methyl sites for hydroxylation is 1. The topological polar surface area (TPSA) is 58.5 Å². The maximum atomic E-state index is 12.9. The van der Waals surface area contributed by atoms with E-state index in [-0.39, 0.29) is 11.9 Å². The molecule has 136 valence electrons. The van der Waals surface area contributed by atoms with Crippen LogP contribution in [0.3, 0.4) is 0 Å². The summed E-state index contributed by atoms with van der Waals surface area (Å²) in [5.74, 6) is 1.12. The first kappa shape index (κ1) is 19.2. The Morgan fingerprint density at radius 2 is 2.08 bits per heavy atom. The molecule has 0 aliphatic rings. The molecule has 1 aromatic heterocycles. The van der Waals surface area contributed by atoms with Crippen molar-refractivity contribution in [2.24, 2.45) is 4.99 Å². The van der Waals surface area contributed by atoms with Crippen molar-refractivity contribution >= 4 is 17.3 Å². The van der Waals surface area contributed by atoms with E-state index < -0.39 is 0 Å². The average molecular weight is 364 g/mol. The van der Waals surface area contributed by atoms with Crippen LogP contribution in [0, 0.1) is 12.7 Å². The number of hydrogen-bond donors (Lipinski definition) is 2. The Morgan fingerprint density at radius 3 is 2.72 bits per heavy atom. The summed E-state index contributed by atoms with van der Waals surface area (Å²) in [7, 11) is 0. The fraction of sp³-hybridized carbons (Fsp3) is 0.444. The molecule has 1 aromatic carbocycles. The van der Waals surface area contributed by atoms with Gasteiger partial charge in [0.25, 0.3) is 0 Å². The zero-order valence-corrected chi connectivity index (χ0v) is 15.7. The molecular formula is C18H25FN4OS. The smallest absolute Gasteiger partial charge is 0.191 e. The van der Waals surface area contributed by atoms with Crippen LogP contribution in [-0.2, 0) is 6.42 Å². The first-order chi connectivity index (χ1) is 12.1. The van der Waals surface area contributed by atoms with Gasteiger partial charge in [0, 0.05) is 30.6 Å². The number of halogens is 1. The molecule has 2 aromatic rings. The van der Waals surface area contributed by atoms with E-state index in [1.165, 1.54) is 17.0 Å². The molecule has 25 heavy (non-hydrogen) atoms. The third-order valence-electron chi connectivity index (χ3n) is 3.30. The zero-order chi connectivity index (χ0) is 18.1. The monoisotopic (exact) mass is 364 g/mol. The minimum absolute atomic E-state index is 0.109. The maximum absolute atomic E-state index is 12.9. The van der Waals surface area contributed by atoms with Crippen molar-refractivity contribution < 1.29 is 9.13 Å². The summed E-state index contributed by atoms with van der Waals surface area (Å²) in [6.07, 6.45) is 2.65. The molecule has 0 radical (unpaired) electrons. The molecule has 5 nitrogen and oxygen atoms in total. The Balaban J connectivity index is 1.79. The summed E-state index contributed by atoms with van der Waals surface area (Å²) in [6, 6.07) is 6.01. The predicted molar refractivity (Wildman–Crippen MR) is 101 cm³/mol. The molecule has 2 N–H and O–H groups in total. The van der Waals surface area contributed by atoms with Crippen molar-refractivity contribution in [2.45, 2.75) is 33.3 Å². The summed E-state index contributed by atoms with van der Waals surface area (Å²) in [4.78, 5) is 10.1. The van der Waals surface area contributed by atoms with Gasteiger partial charge in [0.15, 0.2) is 5.96 Å². The minimum atomic E-state index is -0.271. The highest BCUT2D eigenvalue weighted by Gasteiger charge is 2.05. The Hall–Kier alpha value is -2.15. The van der Waals surface area contributed by atoms with Gasteiger partial charge in [-0.05, 0) is 45.0 Å². The number of thiazole rings is 1. The minimum Gasteiger partial charge on any atom is -0.489 e. The van der Waals surface area contributed by atoms with E-state index in [1.807, 2.05) is 20.0 Å². The van der Waals surface area contributed by atoms with Crippen molar-refractivity contribution in [2.75, 3.05) is 19.6 Å². The Bertz CT molecular complexity index is 672.